The highest BCUT2D eigenvalue weighted by Crippen LogP contribution is 2.24. The number of rotatable bonds is 5. The van der Waals surface area contributed by atoms with E-state index in [-0.39, 0.29) is 42.1 Å². The summed E-state index contributed by atoms with van der Waals surface area (Å²) in [7, 11) is -2.88. The molecule has 1 aliphatic carbocycles. The Balaban J connectivity index is 1.24. The molecule has 7 heteroatoms. The molecule has 0 saturated carbocycles. The molecule has 0 spiro atoms. The molecule has 4 rings (SSSR count). The number of amides is 1. The van der Waals surface area contributed by atoms with Crippen LogP contribution >= 0.6 is 0 Å². The Morgan fingerprint density at radius 3 is 2.46 bits per heavy atom. The molecule has 0 unspecified atom stereocenters. The molecule has 0 radical (unpaired) electrons. The lowest BCUT2D eigenvalue weighted by Gasteiger charge is -2.37. The average Bonchev–Trinajstić information content (AvgIpc) is 3.31. The second-order valence-corrected chi connectivity index (χ2v) is 10.5. The van der Waals surface area contributed by atoms with E-state index in [1.165, 1.54) is 11.1 Å². The molecule has 152 valence electrons. The zero-order valence-corrected chi connectivity index (χ0v) is 17.0. The molecule has 2 saturated heterocycles. The zero-order chi connectivity index (χ0) is 19.7. The Morgan fingerprint density at radius 2 is 1.75 bits per heavy atom. The average molecular weight is 405 g/mol. The van der Waals surface area contributed by atoms with Crippen LogP contribution in [0, 0.1) is 0 Å². The van der Waals surface area contributed by atoms with Crippen LogP contribution in [0.1, 0.15) is 47.2 Å². The van der Waals surface area contributed by atoms with Crippen LogP contribution in [0.2, 0.25) is 0 Å². The van der Waals surface area contributed by atoms with Crippen molar-refractivity contribution in [2.45, 2.75) is 44.6 Å². The van der Waals surface area contributed by atoms with Crippen LogP contribution < -0.4 is 0 Å². The van der Waals surface area contributed by atoms with Crippen LogP contribution in [0.5, 0.6) is 0 Å². The van der Waals surface area contributed by atoms with E-state index in [9.17, 15) is 18.0 Å². The van der Waals surface area contributed by atoms with Crippen molar-refractivity contribution in [2.75, 3.05) is 37.7 Å². The lowest BCUT2D eigenvalue weighted by atomic mass is 10.0. The molecule has 2 heterocycles. The van der Waals surface area contributed by atoms with Gasteiger partial charge in [-0.1, -0.05) is 12.1 Å². The first-order valence-electron chi connectivity index (χ1n) is 10.3. The van der Waals surface area contributed by atoms with Gasteiger partial charge in [0.05, 0.1) is 11.5 Å². The molecule has 0 aromatic heterocycles. The fourth-order valence-electron chi connectivity index (χ4n) is 4.67. The van der Waals surface area contributed by atoms with E-state index in [0.717, 1.165) is 24.8 Å². The number of piperazine rings is 1. The van der Waals surface area contributed by atoms with Crippen molar-refractivity contribution in [1.82, 2.24) is 9.80 Å². The number of sulfone groups is 1. The van der Waals surface area contributed by atoms with E-state index in [0.29, 0.717) is 32.6 Å². The smallest absolute Gasteiger partial charge is 0.223 e. The predicted octanol–water partition coefficient (Wildman–Crippen LogP) is 1.47. The second kappa shape index (κ2) is 7.95. The Morgan fingerprint density at radius 1 is 1.00 bits per heavy atom. The second-order valence-electron chi connectivity index (χ2n) is 8.23. The highest BCUT2D eigenvalue weighted by atomic mass is 32.2. The summed E-state index contributed by atoms with van der Waals surface area (Å²) >= 11 is 0. The van der Waals surface area contributed by atoms with E-state index in [1.807, 2.05) is 17.0 Å². The van der Waals surface area contributed by atoms with Crippen molar-refractivity contribution in [3.8, 4) is 0 Å². The van der Waals surface area contributed by atoms with Crippen LogP contribution in [-0.4, -0.2) is 73.6 Å². The van der Waals surface area contributed by atoms with E-state index in [1.54, 1.807) is 0 Å². The maximum absolute atomic E-state index is 12.5. The van der Waals surface area contributed by atoms with E-state index >= 15 is 0 Å². The summed E-state index contributed by atoms with van der Waals surface area (Å²) in [5, 5.41) is 0. The summed E-state index contributed by atoms with van der Waals surface area (Å²) in [5.74, 6) is 0.587. The molecule has 1 aromatic carbocycles. The van der Waals surface area contributed by atoms with Gasteiger partial charge in [0.2, 0.25) is 5.91 Å². The molecule has 0 bridgehead atoms. The van der Waals surface area contributed by atoms with Gasteiger partial charge < -0.3 is 4.90 Å². The molecule has 1 atom stereocenters. The van der Waals surface area contributed by atoms with Crippen molar-refractivity contribution in [2.24, 2.45) is 0 Å². The summed E-state index contributed by atoms with van der Waals surface area (Å²) in [6.45, 7) is 2.65. The van der Waals surface area contributed by atoms with Crippen LogP contribution in [0.15, 0.2) is 18.2 Å². The number of aryl methyl sites for hydroxylation is 2. The third-order valence-corrected chi connectivity index (χ3v) is 8.13. The largest absolute Gasteiger partial charge is 0.340 e. The van der Waals surface area contributed by atoms with Gasteiger partial charge >= 0.3 is 0 Å². The van der Waals surface area contributed by atoms with Gasteiger partial charge in [-0.15, -0.1) is 0 Å². The SMILES string of the molecule is O=C(CCC(=O)N1CCN([C@H]2CCS(=O)(=O)C2)CC1)c1ccc2c(c1)CCC2. The minimum atomic E-state index is -2.88. The lowest BCUT2D eigenvalue weighted by Crippen LogP contribution is -2.52. The maximum atomic E-state index is 12.5. The Bertz CT molecular complexity index is 872. The predicted molar refractivity (Wildman–Crippen MR) is 107 cm³/mol. The van der Waals surface area contributed by atoms with Gasteiger partial charge in [0, 0.05) is 50.6 Å². The lowest BCUT2D eigenvalue weighted by molar-refractivity contribution is -0.133. The fraction of sp³-hybridized carbons (Fsp3) is 0.619. The molecule has 0 N–H and O–H groups in total. The summed E-state index contributed by atoms with van der Waals surface area (Å²) in [5.41, 5.74) is 3.35. The number of benzene rings is 1. The van der Waals surface area contributed by atoms with Gasteiger partial charge in [0.25, 0.3) is 0 Å². The summed E-state index contributed by atoms with van der Waals surface area (Å²) < 4.78 is 23.3. The first-order chi connectivity index (χ1) is 13.4. The highest BCUT2D eigenvalue weighted by molar-refractivity contribution is 7.91. The van der Waals surface area contributed by atoms with E-state index in [2.05, 4.69) is 11.0 Å². The van der Waals surface area contributed by atoms with Crippen molar-refractivity contribution >= 4 is 21.5 Å². The molecular weight excluding hydrogens is 376 g/mol. The van der Waals surface area contributed by atoms with Gasteiger partial charge in [-0.3, -0.25) is 14.5 Å². The third-order valence-electron chi connectivity index (χ3n) is 6.38. The van der Waals surface area contributed by atoms with E-state index < -0.39 is 9.84 Å². The normalized spacial score (nSPS) is 24.3. The molecular formula is C21H28N2O4S. The van der Waals surface area contributed by atoms with E-state index in [4.69, 9.17) is 0 Å². The Hall–Kier alpha value is -1.73. The van der Waals surface area contributed by atoms with Crippen LogP contribution in [0.4, 0.5) is 0 Å². The number of carbonyl (C=O) groups is 2. The topological polar surface area (TPSA) is 74.8 Å². The molecule has 28 heavy (non-hydrogen) atoms. The summed E-state index contributed by atoms with van der Waals surface area (Å²) in [6.07, 6.45) is 4.49. The zero-order valence-electron chi connectivity index (χ0n) is 16.2. The maximum Gasteiger partial charge on any atom is 0.223 e. The van der Waals surface area contributed by atoms with Crippen molar-refractivity contribution < 1.29 is 18.0 Å². The Labute approximate surface area is 166 Å². The number of hydrogen-bond donors (Lipinski definition) is 0. The first kappa shape index (κ1) is 19.6. The van der Waals surface area contributed by atoms with Gasteiger partial charge in [-0.05, 0) is 42.9 Å². The Kier molecular flexibility index (Phi) is 5.56. The van der Waals surface area contributed by atoms with Gasteiger partial charge in [0.15, 0.2) is 15.6 Å². The molecule has 2 aliphatic heterocycles. The van der Waals surface area contributed by atoms with Crippen LogP contribution in [0.25, 0.3) is 0 Å². The standard InChI is InChI=1S/C21H28N2O4S/c24-20(18-5-4-16-2-1-3-17(16)14-18)6-7-21(25)23-11-9-22(10-12-23)19-8-13-28(26,27)15-19/h4-5,14,19H,1-3,6-13,15H2/t19-/m0/s1. The van der Waals surface area contributed by atoms with Crippen molar-refractivity contribution in [3.63, 3.8) is 0 Å². The quantitative estimate of drug-likeness (QED) is 0.695. The van der Waals surface area contributed by atoms with Gasteiger partial charge in [0.1, 0.15) is 0 Å². The van der Waals surface area contributed by atoms with Crippen molar-refractivity contribution in [1.29, 1.82) is 0 Å². The molecule has 6 nitrogen and oxygen atoms in total. The molecule has 1 amide bonds. The van der Waals surface area contributed by atoms with Gasteiger partial charge in [-0.2, -0.15) is 0 Å². The minimum Gasteiger partial charge on any atom is -0.340 e. The number of Topliss-reactive ketones (excluding diaryl/α,β-unsaturated/α-hetero) is 1. The number of fused-ring (bicyclic) bond motifs is 1. The van der Waals surface area contributed by atoms with Crippen LogP contribution in [0.3, 0.4) is 0 Å². The summed E-state index contributed by atoms with van der Waals surface area (Å²) in [4.78, 5) is 29.0. The number of nitrogens with zero attached hydrogens (tertiary/aromatic N) is 2. The fourth-order valence-corrected chi connectivity index (χ4v) is 6.43. The third kappa shape index (κ3) is 4.30. The number of hydrogen-bond acceptors (Lipinski definition) is 5. The monoisotopic (exact) mass is 404 g/mol. The number of ketones is 1. The highest BCUT2D eigenvalue weighted by Gasteiger charge is 2.34. The molecule has 3 aliphatic rings. The number of carbonyl (C=O) groups excluding carboxylic acids is 2. The molecule has 1 aromatic rings. The van der Waals surface area contributed by atoms with Crippen LogP contribution in [-0.2, 0) is 27.5 Å². The summed E-state index contributed by atoms with van der Waals surface area (Å²) in [6, 6.07) is 6.05. The van der Waals surface area contributed by atoms with Gasteiger partial charge in [-0.25, -0.2) is 8.42 Å². The first-order valence-corrected chi connectivity index (χ1v) is 12.1. The molecule has 2 fully saturated rings. The van der Waals surface area contributed by atoms with Crippen molar-refractivity contribution in [3.05, 3.63) is 34.9 Å². The minimum absolute atomic E-state index is 0.0215.